The van der Waals surface area contributed by atoms with E-state index in [2.05, 4.69) is 47.9 Å². The van der Waals surface area contributed by atoms with Crippen molar-refractivity contribution in [2.75, 3.05) is 26.2 Å². The monoisotopic (exact) mass is 289 g/mol. The highest BCUT2D eigenvalue weighted by atomic mass is 16.3. The van der Waals surface area contributed by atoms with Gasteiger partial charge >= 0.3 is 0 Å². The van der Waals surface area contributed by atoms with Crippen LogP contribution in [0, 0.1) is 0 Å². The van der Waals surface area contributed by atoms with Crippen molar-refractivity contribution < 1.29 is 5.11 Å². The largest absolute Gasteiger partial charge is 0.395 e. The standard InChI is InChI=1S/C17H27N3O/c1-2-18-16(19-12-13-21)20-14-17(10-6-7-11-17)15-8-4-3-5-9-15/h3-5,8-9,21H,2,6-7,10-14H2,1H3,(H2,18,19,20). The van der Waals surface area contributed by atoms with Crippen LogP contribution in [0.4, 0.5) is 0 Å². The summed E-state index contributed by atoms with van der Waals surface area (Å²) in [6.45, 7) is 4.34. The molecule has 3 N–H and O–H groups in total. The predicted molar refractivity (Wildman–Crippen MR) is 87.7 cm³/mol. The van der Waals surface area contributed by atoms with E-state index in [1.165, 1.54) is 31.2 Å². The summed E-state index contributed by atoms with van der Waals surface area (Å²) in [5.74, 6) is 0.800. The second kappa shape index (κ2) is 8.03. The molecular formula is C17H27N3O. The van der Waals surface area contributed by atoms with Gasteiger partial charge in [0, 0.05) is 18.5 Å². The van der Waals surface area contributed by atoms with Crippen LogP contribution in [0.3, 0.4) is 0 Å². The molecule has 21 heavy (non-hydrogen) atoms. The maximum Gasteiger partial charge on any atom is 0.191 e. The minimum Gasteiger partial charge on any atom is -0.395 e. The van der Waals surface area contributed by atoms with E-state index in [0.717, 1.165) is 19.0 Å². The minimum absolute atomic E-state index is 0.119. The summed E-state index contributed by atoms with van der Waals surface area (Å²) in [6, 6.07) is 10.8. The molecule has 1 aliphatic carbocycles. The van der Waals surface area contributed by atoms with Crippen molar-refractivity contribution in [1.82, 2.24) is 10.6 Å². The van der Waals surface area contributed by atoms with Gasteiger partial charge in [-0.05, 0) is 25.3 Å². The Hall–Kier alpha value is -1.55. The lowest BCUT2D eigenvalue weighted by atomic mass is 9.79. The van der Waals surface area contributed by atoms with Crippen molar-refractivity contribution in [3.8, 4) is 0 Å². The van der Waals surface area contributed by atoms with E-state index in [0.29, 0.717) is 6.54 Å². The summed E-state index contributed by atoms with van der Waals surface area (Å²) in [5.41, 5.74) is 1.59. The fourth-order valence-electron chi connectivity index (χ4n) is 3.13. The van der Waals surface area contributed by atoms with Crippen LogP contribution in [0.1, 0.15) is 38.2 Å². The zero-order valence-corrected chi connectivity index (χ0v) is 12.9. The van der Waals surface area contributed by atoms with Crippen molar-refractivity contribution in [1.29, 1.82) is 0 Å². The average molecular weight is 289 g/mol. The van der Waals surface area contributed by atoms with Gasteiger partial charge < -0.3 is 15.7 Å². The third kappa shape index (κ3) is 4.21. The first-order chi connectivity index (χ1) is 10.3. The second-order valence-electron chi connectivity index (χ2n) is 5.70. The first kappa shape index (κ1) is 15.8. The van der Waals surface area contributed by atoms with Gasteiger partial charge in [0.15, 0.2) is 5.96 Å². The topological polar surface area (TPSA) is 56.7 Å². The molecule has 0 bridgehead atoms. The number of aliphatic hydroxyl groups is 1. The molecule has 0 radical (unpaired) electrons. The minimum atomic E-state index is 0.119. The van der Waals surface area contributed by atoms with Crippen LogP contribution in [-0.2, 0) is 5.41 Å². The number of aliphatic hydroxyl groups excluding tert-OH is 1. The number of rotatable bonds is 6. The molecule has 2 rings (SSSR count). The number of hydrogen-bond acceptors (Lipinski definition) is 2. The summed E-state index contributed by atoms with van der Waals surface area (Å²) < 4.78 is 0. The van der Waals surface area contributed by atoms with Crippen LogP contribution >= 0.6 is 0 Å². The van der Waals surface area contributed by atoms with Crippen LogP contribution in [0.2, 0.25) is 0 Å². The smallest absolute Gasteiger partial charge is 0.191 e. The molecule has 1 fully saturated rings. The molecular weight excluding hydrogens is 262 g/mol. The Balaban J connectivity index is 2.12. The van der Waals surface area contributed by atoms with Crippen LogP contribution in [-0.4, -0.2) is 37.3 Å². The van der Waals surface area contributed by atoms with Gasteiger partial charge in [0.1, 0.15) is 0 Å². The number of nitrogens with zero attached hydrogens (tertiary/aromatic N) is 1. The van der Waals surface area contributed by atoms with Gasteiger partial charge in [0.25, 0.3) is 0 Å². The molecule has 0 amide bonds. The molecule has 0 saturated heterocycles. The molecule has 116 valence electrons. The second-order valence-corrected chi connectivity index (χ2v) is 5.70. The first-order valence-electron chi connectivity index (χ1n) is 7.99. The molecule has 0 spiro atoms. The van der Waals surface area contributed by atoms with Crippen molar-refractivity contribution >= 4 is 5.96 Å². The molecule has 4 heteroatoms. The molecule has 0 aromatic heterocycles. The molecule has 1 aliphatic rings. The van der Waals surface area contributed by atoms with Gasteiger partial charge in [-0.1, -0.05) is 43.2 Å². The number of guanidine groups is 1. The maximum absolute atomic E-state index is 8.95. The summed E-state index contributed by atoms with van der Waals surface area (Å²) in [5, 5.41) is 15.3. The third-order valence-corrected chi connectivity index (χ3v) is 4.24. The van der Waals surface area contributed by atoms with Crippen molar-refractivity contribution in [3.63, 3.8) is 0 Å². The Kier molecular flexibility index (Phi) is 6.05. The van der Waals surface area contributed by atoms with Gasteiger partial charge in [0.2, 0.25) is 0 Å². The molecule has 0 aliphatic heterocycles. The van der Waals surface area contributed by atoms with Gasteiger partial charge in [-0.25, -0.2) is 0 Å². The molecule has 4 nitrogen and oxygen atoms in total. The number of aliphatic imine (C=N–C) groups is 1. The van der Waals surface area contributed by atoms with E-state index >= 15 is 0 Å². The van der Waals surface area contributed by atoms with E-state index in [1.807, 2.05) is 0 Å². The molecule has 0 unspecified atom stereocenters. The van der Waals surface area contributed by atoms with Crippen LogP contribution in [0.5, 0.6) is 0 Å². The van der Waals surface area contributed by atoms with E-state index in [-0.39, 0.29) is 12.0 Å². The van der Waals surface area contributed by atoms with Crippen molar-refractivity contribution in [2.45, 2.75) is 38.0 Å². The van der Waals surface area contributed by atoms with Crippen LogP contribution in [0.15, 0.2) is 35.3 Å². The van der Waals surface area contributed by atoms with E-state index < -0.39 is 0 Å². The summed E-state index contributed by atoms with van der Waals surface area (Å²) in [6.07, 6.45) is 4.98. The van der Waals surface area contributed by atoms with Gasteiger partial charge in [-0.2, -0.15) is 0 Å². The lowest BCUT2D eigenvalue weighted by molar-refractivity contribution is 0.300. The average Bonchev–Trinajstić information content (AvgIpc) is 3.01. The van der Waals surface area contributed by atoms with Gasteiger partial charge in [0.05, 0.1) is 13.2 Å². The zero-order chi connectivity index (χ0) is 15.0. The Labute approximate surface area is 127 Å². The predicted octanol–water partition coefficient (Wildman–Crippen LogP) is 2.05. The zero-order valence-electron chi connectivity index (χ0n) is 12.9. The summed E-state index contributed by atoms with van der Waals surface area (Å²) >= 11 is 0. The van der Waals surface area contributed by atoms with Crippen LogP contribution < -0.4 is 10.6 Å². The Bertz CT molecular complexity index is 439. The van der Waals surface area contributed by atoms with E-state index in [9.17, 15) is 0 Å². The molecule has 1 aromatic carbocycles. The summed E-state index contributed by atoms with van der Waals surface area (Å²) in [4.78, 5) is 4.76. The van der Waals surface area contributed by atoms with Gasteiger partial charge in [-0.15, -0.1) is 0 Å². The molecule has 0 atom stereocenters. The van der Waals surface area contributed by atoms with Crippen LogP contribution in [0.25, 0.3) is 0 Å². The lowest BCUT2D eigenvalue weighted by Gasteiger charge is -2.28. The van der Waals surface area contributed by atoms with E-state index in [1.54, 1.807) is 0 Å². The SMILES string of the molecule is CCNC(=NCC1(c2ccccc2)CCCC1)NCCO. The van der Waals surface area contributed by atoms with Crippen molar-refractivity contribution in [2.24, 2.45) is 4.99 Å². The van der Waals surface area contributed by atoms with Crippen molar-refractivity contribution in [3.05, 3.63) is 35.9 Å². The number of nitrogens with one attached hydrogen (secondary N) is 2. The lowest BCUT2D eigenvalue weighted by Crippen LogP contribution is -2.40. The Morgan fingerprint density at radius 1 is 1.19 bits per heavy atom. The number of benzene rings is 1. The highest BCUT2D eigenvalue weighted by molar-refractivity contribution is 5.79. The van der Waals surface area contributed by atoms with E-state index in [4.69, 9.17) is 10.1 Å². The maximum atomic E-state index is 8.95. The molecule has 1 aromatic rings. The number of hydrogen-bond donors (Lipinski definition) is 3. The highest BCUT2D eigenvalue weighted by Gasteiger charge is 2.35. The van der Waals surface area contributed by atoms with Gasteiger partial charge in [-0.3, -0.25) is 4.99 Å². The Morgan fingerprint density at radius 3 is 2.52 bits per heavy atom. The highest BCUT2D eigenvalue weighted by Crippen LogP contribution is 2.41. The molecule has 0 heterocycles. The molecule has 1 saturated carbocycles. The Morgan fingerprint density at radius 2 is 1.90 bits per heavy atom. The summed E-state index contributed by atoms with van der Waals surface area (Å²) in [7, 11) is 0. The normalized spacial score (nSPS) is 17.7. The quantitative estimate of drug-likeness (QED) is 0.555. The third-order valence-electron chi connectivity index (χ3n) is 4.24. The fraction of sp³-hybridized carbons (Fsp3) is 0.588. The fourth-order valence-corrected chi connectivity index (χ4v) is 3.13. The first-order valence-corrected chi connectivity index (χ1v) is 7.99.